The van der Waals surface area contributed by atoms with Crippen LogP contribution in [0.2, 0.25) is 0 Å². The van der Waals surface area contributed by atoms with Crippen LogP contribution in [0.1, 0.15) is 19.5 Å². The Balaban J connectivity index is 1.34. The second-order valence-electron chi connectivity index (χ2n) is 9.23. The summed E-state index contributed by atoms with van der Waals surface area (Å²) in [5.74, 6) is 0.880. The van der Waals surface area contributed by atoms with Gasteiger partial charge in [0.15, 0.2) is 0 Å². The van der Waals surface area contributed by atoms with Gasteiger partial charge in [0.1, 0.15) is 5.82 Å². The fraction of sp³-hybridized carbons (Fsp3) is 0.276. The monoisotopic (exact) mass is 498 g/mol. The largest absolute Gasteiger partial charge is 0.372 e. The molecule has 6 nitrogen and oxygen atoms in total. The minimum absolute atomic E-state index is 0.0850. The summed E-state index contributed by atoms with van der Waals surface area (Å²) in [6.45, 7) is 5.86. The van der Waals surface area contributed by atoms with E-state index in [1.54, 1.807) is 11.8 Å². The molecule has 0 radical (unpaired) electrons. The number of carbonyl (C=O) groups is 1. The van der Waals surface area contributed by atoms with Gasteiger partial charge in [-0.05, 0) is 74.0 Å². The van der Waals surface area contributed by atoms with Gasteiger partial charge >= 0.3 is 0 Å². The van der Waals surface area contributed by atoms with Gasteiger partial charge in [-0.25, -0.2) is 4.98 Å². The van der Waals surface area contributed by atoms with Crippen molar-refractivity contribution in [3.8, 4) is 11.3 Å². The Kier molecular flexibility index (Phi) is 7.20. The van der Waals surface area contributed by atoms with Crippen LogP contribution in [0.5, 0.6) is 0 Å². The molecule has 0 aliphatic carbocycles. The van der Waals surface area contributed by atoms with Crippen LogP contribution in [0.25, 0.3) is 22.0 Å². The Labute approximate surface area is 216 Å². The molecule has 0 spiro atoms. The van der Waals surface area contributed by atoms with Crippen LogP contribution in [0.3, 0.4) is 0 Å². The number of fused-ring (bicyclic) bond motifs is 1. The summed E-state index contributed by atoms with van der Waals surface area (Å²) in [6.07, 6.45) is 4.43. The van der Waals surface area contributed by atoms with Crippen molar-refractivity contribution in [3.63, 3.8) is 0 Å². The number of nitrogens with one attached hydrogen (secondary N) is 1. The molecule has 2 unspecified atom stereocenters. The molecule has 2 atom stereocenters. The van der Waals surface area contributed by atoms with Gasteiger partial charge in [-0.1, -0.05) is 18.2 Å². The second kappa shape index (κ2) is 10.7. The van der Waals surface area contributed by atoms with E-state index in [9.17, 15) is 4.79 Å². The molecule has 1 fully saturated rings. The van der Waals surface area contributed by atoms with Crippen LogP contribution >= 0.6 is 11.8 Å². The highest BCUT2D eigenvalue weighted by Gasteiger charge is 2.23. The fourth-order valence-electron chi connectivity index (χ4n) is 4.61. The molecule has 4 aromatic rings. The van der Waals surface area contributed by atoms with E-state index < -0.39 is 0 Å². The average molecular weight is 499 g/mol. The first-order chi connectivity index (χ1) is 17.5. The third kappa shape index (κ3) is 5.69. The topological polar surface area (TPSA) is 67.4 Å². The molecule has 1 aliphatic heterocycles. The van der Waals surface area contributed by atoms with Gasteiger partial charge in [-0.15, -0.1) is 11.8 Å². The number of morpholine rings is 1. The van der Waals surface area contributed by atoms with E-state index in [0.29, 0.717) is 0 Å². The van der Waals surface area contributed by atoms with Crippen molar-refractivity contribution in [3.05, 3.63) is 78.6 Å². The Bertz CT molecular complexity index is 1370. The van der Waals surface area contributed by atoms with Crippen molar-refractivity contribution >= 4 is 39.9 Å². The van der Waals surface area contributed by atoms with Crippen molar-refractivity contribution in [2.45, 2.75) is 37.4 Å². The first-order valence-electron chi connectivity index (χ1n) is 12.2. The van der Waals surface area contributed by atoms with Gasteiger partial charge < -0.3 is 15.0 Å². The Morgan fingerprint density at radius 3 is 2.56 bits per heavy atom. The van der Waals surface area contributed by atoms with Crippen molar-refractivity contribution in [2.75, 3.05) is 29.6 Å². The number of carbonyl (C=O) groups excluding carboxylic acids is 1. The molecule has 0 saturated carbocycles. The maximum Gasteiger partial charge on any atom is 0.230 e. The van der Waals surface area contributed by atoms with Gasteiger partial charge in [-0.3, -0.25) is 9.78 Å². The number of ether oxygens (including phenoxy) is 1. The molecule has 2 aromatic carbocycles. The molecular weight excluding hydrogens is 468 g/mol. The number of thioether (sulfide) groups is 1. The van der Waals surface area contributed by atoms with Crippen LogP contribution in [-0.2, 0) is 16.0 Å². The summed E-state index contributed by atoms with van der Waals surface area (Å²) >= 11 is 1.67. The number of rotatable bonds is 6. The number of pyridine rings is 2. The smallest absolute Gasteiger partial charge is 0.230 e. The molecule has 0 bridgehead atoms. The normalized spacial score (nSPS) is 17.8. The summed E-state index contributed by atoms with van der Waals surface area (Å²) < 4.78 is 5.88. The summed E-state index contributed by atoms with van der Waals surface area (Å²) in [5, 5.41) is 5.03. The SMILES string of the molecule is CSc1ccc(NC(=O)Cc2cc3cc(-c4cccc(N5CC(C)OC(C)C5)n4)ccc3cn2)cc1. The van der Waals surface area contributed by atoms with Gasteiger partial charge in [0.05, 0.1) is 30.0 Å². The van der Waals surface area contributed by atoms with E-state index in [1.807, 2.05) is 48.9 Å². The van der Waals surface area contributed by atoms with Gasteiger partial charge in [0, 0.05) is 40.8 Å². The molecular formula is C29H30N4O2S. The molecule has 1 saturated heterocycles. The minimum atomic E-state index is -0.0850. The van der Waals surface area contributed by atoms with Gasteiger partial charge in [0.25, 0.3) is 0 Å². The summed E-state index contributed by atoms with van der Waals surface area (Å²) in [4.78, 5) is 25.5. The minimum Gasteiger partial charge on any atom is -0.372 e. The highest BCUT2D eigenvalue weighted by molar-refractivity contribution is 7.98. The average Bonchev–Trinajstić information content (AvgIpc) is 2.88. The van der Waals surface area contributed by atoms with Crippen LogP contribution in [0.4, 0.5) is 11.5 Å². The van der Waals surface area contributed by atoms with Crippen LogP contribution in [-0.4, -0.2) is 47.4 Å². The van der Waals surface area contributed by atoms with Crippen molar-refractivity contribution < 1.29 is 9.53 Å². The zero-order valence-corrected chi connectivity index (χ0v) is 21.6. The lowest BCUT2D eigenvalue weighted by Gasteiger charge is -2.36. The Hall–Kier alpha value is -3.42. The number of aromatic nitrogens is 2. The Morgan fingerprint density at radius 1 is 1.03 bits per heavy atom. The Morgan fingerprint density at radius 2 is 1.81 bits per heavy atom. The first kappa shape index (κ1) is 24.3. The van der Waals surface area contributed by atoms with E-state index in [4.69, 9.17) is 9.72 Å². The van der Waals surface area contributed by atoms with E-state index >= 15 is 0 Å². The maximum absolute atomic E-state index is 12.6. The van der Waals surface area contributed by atoms with Crippen molar-refractivity contribution in [1.29, 1.82) is 0 Å². The molecule has 2 aromatic heterocycles. The summed E-state index contributed by atoms with van der Waals surface area (Å²) in [7, 11) is 0. The fourth-order valence-corrected chi connectivity index (χ4v) is 5.02. The zero-order chi connectivity index (χ0) is 25.1. The molecule has 3 heterocycles. The van der Waals surface area contributed by atoms with Crippen LogP contribution in [0.15, 0.2) is 77.8 Å². The molecule has 5 rings (SSSR count). The third-order valence-electron chi connectivity index (χ3n) is 6.27. The van der Waals surface area contributed by atoms with E-state index in [0.717, 1.165) is 57.2 Å². The number of amides is 1. The predicted octanol–water partition coefficient (Wildman–Crippen LogP) is 5.81. The quantitative estimate of drug-likeness (QED) is 0.338. The number of anilines is 2. The second-order valence-corrected chi connectivity index (χ2v) is 10.1. The molecule has 36 heavy (non-hydrogen) atoms. The van der Waals surface area contributed by atoms with E-state index in [2.05, 4.69) is 59.4 Å². The van der Waals surface area contributed by atoms with Gasteiger partial charge in [0.2, 0.25) is 5.91 Å². The van der Waals surface area contributed by atoms with Crippen molar-refractivity contribution in [2.24, 2.45) is 0 Å². The number of hydrogen-bond donors (Lipinski definition) is 1. The predicted molar refractivity (Wildman–Crippen MR) is 148 cm³/mol. The lowest BCUT2D eigenvalue weighted by atomic mass is 10.0. The number of benzene rings is 2. The van der Waals surface area contributed by atoms with Crippen LogP contribution < -0.4 is 10.2 Å². The molecule has 1 aliphatic rings. The van der Waals surface area contributed by atoms with Gasteiger partial charge in [-0.2, -0.15) is 0 Å². The van der Waals surface area contributed by atoms with E-state index in [1.165, 1.54) is 0 Å². The highest BCUT2D eigenvalue weighted by atomic mass is 32.2. The summed E-state index contributed by atoms with van der Waals surface area (Å²) in [6, 6.07) is 22.2. The molecule has 1 amide bonds. The molecule has 1 N–H and O–H groups in total. The van der Waals surface area contributed by atoms with E-state index in [-0.39, 0.29) is 24.5 Å². The van der Waals surface area contributed by atoms with Crippen molar-refractivity contribution in [1.82, 2.24) is 9.97 Å². The maximum atomic E-state index is 12.6. The summed E-state index contributed by atoms with van der Waals surface area (Å²) in [5.41, 5.74) is 3.48. The lowest BCUT2D eigenvalue weighted by Crippen LogP contribution is -2.45. The number of nitrogens with zero attached hydrogens (tertiary/aromatic N) is 3. The highest BCUT2D eigenvalue weighted by Crippen LogP contribution is 2.27. The third-order valence-corrected chi connectivity index (χ3v) is 7.01. The lowest BCUT2D eigenvalue weighted by molar-refractivity contribution is -0.115. The van der Waals surface area contributed by atoms with Crippen LogP contribution in [0, 0.1) is 0 Å². The zero-order valence-electron chi connectivity index (χ0n) is 20.8. The molecule has 184 valence electrons. The number of hydrogen-bond acceptors (Lipinski definition) is 6. The molecule has 7 heteroatoms. The standard InChI is InChI=1S/C29H30N4O2S/c1-19-17-33(18-20(2)35-19)28-6-4-5-27(32-28)21-7-8-22-16-30-25(14-23(22)13-21)15-29(34)31-24-9-11-26(36-3)12-10-24/h4-14,16,19-20H,15,17-18H2,1-3H3,(H,31,34). The first-order valence-corrected chi connectivity index (χ1v) is 13.4.